The molecule has 2 atom stereocenters. The van der Waals surface area contributed by atoms with Crippen LogP contribution >= 0.6 is 0 Å². The third kappa shape index (κ3) is 2.85. The number of fused-ring (bicyclic) bond motifs is 1. The van der Waals surface area contributed by atoms with Crippen molar-refractivity contribution in [1.29, 1.82) is 0 Å². The minimum Gasteiger partial charge on any atom is -0.408 e. The van der Waals surface area contributed by atoms with Crippen LogP contribution in [0.25, 0.3) is 11.1 Å². The van der Waals surface area contributed by atoms with Crippen LogP contribution in [0.2, 0.25) is 0 Å². The molecule has 0 saturated heterocycles. The molecule has 1 aromatic carbocycles. The number of H-pyrrole nitrogens is 1. The summed E-state index contributed by atoms with van der Waals surface area (Å²) in [5, 5.41) is 2.73. The molecule has 0 radical (unpaired) electrons. The molecular formula is C13H17N3O3. The van der Waals surface area contributed by atoms with Gasteiger partial charge in [-0.1, -0.05) is 20.3 Å². The molecule has 6 nitrogen and oxygen atoms in total. The van der Waals surface area contributed by atoms with Gasteiger partial charge in [0.1, 0.15) is 0 Å². The Hall–Kier alpha value is -2.08. The summed E-state index contributed by atoms with van der Waals surface area (Å²) in [6.45, 7) is 3.92. The highest BCUT2D eigenvalue weighted by Gasteiger charge is 2.19. The van der Waals surface area contributed by atoms with E-state index in [4.69, 9.17) is 10.2 Å². The number of anilines is 1. The molecule has 1 aromatic heterocycles. The lowest BCUT2D eigenvalue weighted by Crippen LogP contribution is -2.40. The smallest absolute Gasteiger partial charge is 0.408 e. The predicted octanol–water partition coefficient (Wildman–Crippen LogP) is 1.43. The van der Waals surface area contributed by atoms with Crippen molar-refractivity contribution in [2.24, 2.45) is 11.7 Å². The van der Waals surface area contributed by atoms with E-state index < -0.39 is 11.8 Å². The minimum atomic E-state index is -0.552. The highest BCUT2D eigenvalue weighted by molar-refractivity contribution is 5.96. The molecule has 0 aliphatic carbocycles. The summed E-state index contributed by atoms with van der Waals surface area (Å²) in [4.78, 5) is 25.5. The van der Waals surface area contributed by atoms with Crippen LogP contribution in [-0.2, 0) is 4.79 Å². The fraction of sp³-hybridized carbons (Fsp3) is 0.385. The van der Waals surface area contributed by atoms with E-state index >= 15 is 0 Å². The quantitative estimate of drug-likeness (QED) is 0.776. The number of aromatic nitrogens is 1. The number of hydrogen-bond donors (Lipinski definition) is 3. The molecule has 0 saturated carbocycles. The SMILES string of the molecule is CCC(C)C(N)C(=O)Nc1ccc2oc(=O)[nH]c2c1. The Kier molecular flexibility index (Phi) is 3.71. The maximum Gasteiger partial charge on any atom is 0.417 e. The van der Waals surface area contributed by atoms with Gasteiger partial charge in [0.2, 0.25) is 5.91 Å². The maximum atomic E-state index is 11.9. The van der Waals surface area contributed by atoms with Gasteiger partial charge in [-0.25, -0.2) is 4.79 Å². The number of nitrogens with one attached hydrogen (secondary N) is 2. The monoisotopic (exact) mass is 263 g/mol. The summed E-state index contributed by atoms with van der Waals surface area (Å²) < 4.78 is 4.88. The fourth-order valence-electron chi connectivity index (χ4n) is 1.77. The fourth-order valence-corrected chi connectivity index (χ4v) is 1.77. The van der Waals surface area contributed by atoms with E-state index in [2.05, 4.69) is 10.3 Å². The Balaban J connectivity index is 2.16. The topological polar surface area (TPSA) is 101 Å². The van der Waals surface area contributed by atoms with Crippen molar-refractivity contribution in [3.05, 3.63) is 28.7 Å². The van der Waals surface area contributed by atoms with Gasteiger partial charge < -0.3 is 15.5 Å². The lowest BCUT2D eigenvalue weighted by atomic mass is 9.99. The normalized spacial score (nSPS) is 14.3. The molecule has 2 rings (SSSR count). The van der Waals surface area contributed by atoms with Gasteiger partial charge >= 0.3 is 5.76 Å². The van der Waals surface area contributed by atoms with Crippen LogP contribution < -0.4 is 16.8 Å². The second-order valence-electron chi connectivity index (χ2n) is 4.63. The molecule has 102 valence electrons. The molecule has 0 aliphatic rings. The Morgan fingerprint density at radius 2 is 2.26 bits per heavy atom. The third-order valence-electron chi connectivity index (χ3n) is 3.25. The number of rotatable bonds is 4. The van der Waals surface area contributed by atoms with Crippen LogP contribution in [0.1, 0.15) is 20.3 Å². The summed E-state index contributed by atoms with van der Waals surface area (Å²) in [6, 6.07) is 4.38. The molecule has 19 heavy (non-hydrogen) atoms. The molecule has 1 amide bonds. The van der Waals surface area contributed by atoms with E-state index in [0.29, 0.717) is 16.8 Å². The Labute approximate surface area is 110 Å². The average molecular weight is 263 g/mol. The Morgan fingerprint density at radius 3 is 2.95 bits per heavy atom. The number of carbonyl (C=O) groups is 1. The van der Waals surface area contributed by atoms with E-state index in [9.17, 15) is 9.59 Å². The van der Waals surface area contributed by atoms with Crippen molar-refractivity contribution in [2.45, 2.75) is 26.3 Å². The van der Waals surface area contributed by atoms with E-state index in [1.165, 1.54) is 0 Å². The van der Waals surface area contributed by atoms with Gasteiger partial charge in [-0.15, -0.1) is 0 Å². The van der Waals surface area contributed by atoms with Crippen molar-refractivity contribution in [3.8, 4) is 0 Å². The van der Waals surface area contributed by atoms with Crippen LogP contribution in [0.5, 0.6) is 0 Å². The predicted molar refractivity (Wildman–Crippen MR) is 72.9 cm³/mol. The van der Waals surface area contributed by atoms with Gasteiger partial charge in [0.25, 0.3) is 0 Å². The van der Waals surface area contributed by atoms with Gasteiger partial charge in [0.05, 0.1) is 11.6 Å². The zero-order valence-electron chi connectivity index (χ0n) is 10.9. The van der Waals surface area contributed by atoms with Gasteiger partial charge in [0, 0.05) is 5.69 Å². The van der Waals surface area contributed by atoms with Crippen molar-refractivity contribution >= 4 is 22.7 Å². The number of hydrogen-bond acceptors (Lipinski definition) is 4. The van der Waals surface area contributed by atoms with Crippen LogP contribution in [0.15, 0.2) is 27.4 Å². The van der Waals surface area contributed by atoms with Gasteiger partial charge in [-0.2, -0.15) is 0 Å². The van der Waals surface area contributed by atoms with Crippen LogP contribution in [0.4, 0.5) is 5.69 Å². The molecule has 2 aromatic rings. The van der Waals surface area contributed by atoms with Crippen LogP contribution in [-0.4, -0.2) is 16.9 Å². The standard InChI is InChI=1S/C13H17N3O3/c1-3-7(2)11(14)12(17)15-8-4-5-10-9(6-8)16-13(18)19-10/h4-7,11H,3,14H2,1-2H3,(H,15,17)(H,16,18). The highest BCUT2D eigenvalue weighted by atomic mass is 16.4. The first-order chi connectivity index (χ1) is 9.01. The van der Waals surface area contributed by atoms with Crippen molar-refractivity contribution in [2.75, 3.05) is 5.32 Å². The van der Waals surface area contributed by atoms with Gasteiger partial charge in [-0.3, -0.25) is 9.78 Å². The molecule has 4 N–H and O–H groups in total. The lowest BCUT2D eigenvalue weighted by molar-refractivity contribution is -0.118. The zero-order chi connectivity index (χ0) is 14.0. The average Bonchev–Trinajstić information content (AvgIpc) is 2.76. The number of nitrogens with two attached hydrogens (primary N) is 1. The summed E-state index contributed by atoms with van der Waals surface area (Å²) in [6.07, 6.45) is 0.836. The summed E-state index contributed by atoms with van der Waals surface area (Å²) in [7, 11) is 0. The largest absolute Gasteiger partial charge is 0.417 e. The number of benzene rings is 1. The number of amides is 1. The second kappa shape index (κ2) is 5.27. The van der Waals surface area contributed by atoms with E-state index in [1.54, 1.807) is 18.2 Å². The molecule has 6 heteroatoms. The van der Waals surface area contributed by atoms with Crippen molar-refractivity contribution in [1.82, 2.24) is 4.98 Å². The molecule has 1 heterocycles. The maximum absolute atomic E-state index is 11.9. The first kappa shape index (κ1) is 13.4. The van der Waals surface area contributed by atoms with E-state index in [0.717, 1.165) is 6.42 Å². The summed E-state index contributed by atoms with van der Waals surface area (Å²) >= 11 is 0. The molecular weight excluding hydrogens is 246 g/mol. The van der Waals surface area contributed by atoms with E-state index in [1.807, 2.05) is 13.8 Å². The van der Waals surface area contributed by atoms with Gasteiger partial charge in [0.15, 0.2) is 5.58 Å². The number of oxazole rings is 1. The lowest BCUT2D eigenvalue weighted by Gasteiger charge is -2.17. The van der Waals surface area contributed by atoms with Crippen LogP contribution in [0, 0.1) is 5.92 Å². The molecule has 0 bridgehead atoms. The molecule has 0 fully saturated rings. The minimum absolute atomic E-state index is 0.109. The first-order valence-corrected chi connectivity index (χ1v) is 6.20. The molecule has 2 unspecified atom stereocenters. The Morgan fingerprint density at radius 1 is 1.53 bits per heavy atom. The zero-order valence-corrected chi connectivity index (χ0v) is 10.9. The summed E-state index contributed by atoms with van der Waals surface area (Å²) in [5.41, 5.74) is 7.42. The third-order valence-corrected chi connectivity index (χ3v) is 3.25. The highest BCUT2D eigenvalue weighted by Crippen LogP contribution is 2.17. The van der Waals surface area contributed by atoms with Crippen molar-refractivity contribution in [3.63, 3.8) is 0 Å². The number of aromatic amines is 1. The second-order valence-corrected chi connectivity index (χ2v) is 4.63. The summed E-state index contributed by atoms with van der Waals surface area (Å²) in [5.74, 6) is -0.646. The molecule has 0 spiro atoms. The Bertz CT molecular complexity index is 644. The van der Waals surface area contributed by atoms with Crippen molar-refractivity contribution < 1.29 is 9.21 Å². The van der Waals surface area contributed by atoms with Crippen LogP contribution in [0.3, 0.4) is 0 Å². The van der Waals surface area contributed by atoms with Gasteiger partial charge in [-0.05, 0) is 24.1 Å². The molecule has 0 aliphatic heterocycles. The van der Waals surface area contributed by atoms with E-state index in [-0.39, 0.29) is 11.8 Å². The number of carbonyl (C=O) groups excluding carboxylic acids is 1. The first-order valence-electron chi connectivity index (χ1n) is 6.20.